The number of nitrogens with one attached hydrogen (secondary N) is 5. The Kier molecular flexibility index (Phi) is 15.4. The first-order chi connectivity index (χ1) is 20.1. The van der Waals surface area contributed by atoms with Crippen molar-refractivity contribution in [2.45, 2.75) is 98.3 Å². The van der Waals surface area contributed by atoms with Gasteiger partial charge in [-0.25, -0.2) is 8.78 Å². The number of hydrogen-bond donors (Lipinski definition) is 6. The fourth-order valence-electron chi connectivity index (χ4n) is 4.36. The molecular weight excluding hydrogens is 574 g/mol. The van der Waals surface area contributed by atoms with Crippen molar-refractivity contribution in [3.8, 4) is 5.75 Å². The number of likely N-dealkylation sites (N-methyl/N-ethyl adjacent to an activating group) is 1. The third kappa shape index (κ3) is 10.7. The smallest absolute Gasteiger partial charge is 0.258 e. The minimum Gasteiger partial charge on any atom is -0.503 e. The molecule has 14 heteroatoms. The first-order valence-corrected chi connectivity index (χ1v) is 14.6. The van der Waals surface area contributed by atoms with Crippen LogP contribution in [0.15, 0.2) is 0 Å². The molecule has 1 aromatic carbocycles. The Labute approximate surface area is 250 Å². The van der Waals surface area contributed by atoms with Gasteiger partial charge < -0.3 is 31.7 Å². The number of halogens is 4. The molecule has 1 rings (SSSR count). The molecule has 0 aliphatic heterocycles. The van der Waals surface area contributed by atoms with Gasteiger partial charge >= 0.3 is 0 Å². The molecule has 0 aliphatic rings. The molecule has 0 radical (unpaired) electrons. The highest BCUT2D eigenvalue weighted by atomic mass is 19.2. The predicted molar refractivity (Wildman–Crippen MR) is 153 cm³/mol. The second-order valence-corrected chi connectivity index (χ2v) is 11.0. The molecule has 0 spiro atoms. The minimum atomic E-state index is -2.15. The van der Waals surface area contributed by atoms with E-state index in [0.29, 0.717) is 25.8 Å². The van der Waals surface area contributed by atoms with Gasteiger partial charge in [-0.05, 0) is 38.5 Å². The Morgan fingerprint density at radius 2 is 1.37 bits per heavy atom. The molecule has 10 nitrogen and oxygen atoms in total. The van der Waals surface area contributed by atoms with Crippen LogP contribution in [0.3, 0.4) is 0 Å². The van der Waals surface area contributed by atoms with Gasteiger partial charge in [0.15, 0.2) is 17.4 Å². The van der Waals surface area contributed by atoms with Crippen LogP contribution in [0.25, 0.3) is 0 Å². The summed E-state index contributed by atoms with van der Waals surface area (Å²) in [5.41, 5.74) is -1.64. The third-order valence-corrected chi connectivity index (χ3v) is 6.98. The Morgan fingerprint density at radius 3 is 1.86 bits per heavy atom. The summed E-state index contributed by atoms with van der Waals surface area (Å²) in [5.74, 6) is -14.1. The SMILES string of the molecule is CCC[C@H](NC(=O)[C@@H](NC(=O)c1c(F)c(F)c(O)c(F)c1F)C(C)CC)C(=O)N[C@H](CN[C@@H](C)C(=O)NCC)CC(C)C. The molecule has 0 heterocycles. The fourth-order valence-corrected chi connectivity index (χ4v) is 4.36. The van der Waals surface area contributed by atoms with Crippen molar-refractivity contribution >= 4 is 23.6 Å². The van der Waals surface area contributed by atoms with E-state index in [1.807, 2.05) is 13.8 Å². The second kappa shape index (κ2) is 17.6. The lowest BCUT2D eigenvalue weighted by Gasteiger charge is -2.28. The molecule has 0 saturated heterocycles. The van der Waals surface area contributed by atoms with E-state index in [0.717, 1.165) is 0 Å². The van der Waals surface area contributed by atoms with Crippen LogP contribution in [0.5, 0.6) is 5.75 Å². The highest BCUT2D eigenvalue weighted by Gasteiger charge is 2.34. The number of benzene rings is 1. The number of aromatic hydroxyl groups is 1. The maximum Gasteiger partial charge on any atom is 0.258 e. The highest BCUT2D eigenvalue weighted by Crippen LogP contribution is 2.29. The topological polar surface area (TPSA) is 149 Å². The molecule has 4 amide bonds. The Balaban J connectivity index is 3.15. The number of rotatable bonds is 17. The van der Waals surface area contributed by atoms with Gasteiger partial charge in [0.2, 0.25) is 29.4 Å². The van der Waals surface area contributed by atoms with Crippen LogP contribution in [0.4, 0.5) is 17.6 Å². The lowest BCUT2D eigenvalue weighted by atomic mass is 9.96. The maximum atomic E-state index is 14.3. The first-order valence-electron chi connectivity index (χ1n) is 14.6. The number of amides is 4. The third-order valence-electron chi connectivity index (χ3n) is 6.98. The molecule has 0 aromatic heterocycles. The first kappa shape index (κ1) is 37.6. The van der Waals surface area contributed by atoms with Crippen LogP contribution in [0, 0.1) is 35.1 Å². The summed E-state index contributed by atoms with van der Waals surface area (Å²) in [6.45, 7) is 13.2. The number of phenols is 1. The van der Waals surface area contributed by atoms with E-state index in [1.54, 1.807) is 34.6 Å². The van der Waals surface area contributed by atoms with E-state index in [-0.39, 0.29) is 24.8 Å². The van der Waals surface area contributed by atoms with Crippen molar-refractivity contribution < 1.29 is 41.8 Å². The molecule has 1 aromatic rings. The summed E-state index contributed by atoms with van der Waals surface area (Å²) in [4.78, 5) is 51.5. The quantitative estimate of drug-likeness (QED) is 0.117. The zero-order valence-electron chi connectivity index (χ0n) is 25.8. The van der Waals surface area contributed by atoms with E-state index >= 15 is 0 Å². The second-order valence-electron chi connectivity index (χ2n) is 11.0. The van der Waals surface area contributed by atoms with Gasteiger partial charge in [0.1, 0.15) is 17.6 Å². The average molecular weight is 620 g/mol. The number of carbonyl (C=O) groups excluding carboxylic acids is 4. The van der Waals surface area contributed by atoms with Crippen LogP contribution in [0.1, 0.15) is 84.5 Å². The fraction of sp³-hybridized carbons (Fsp3) is 0.655. The standard InChI is InChI=1S/C29H45F4N5O5/c1-8-11-18(27(41)36-17(12-14(4)5)13-35-16(7)26(40)34-10-3)37-29(43)24(15(6)9-2)38-28(42)19-20(30)22(32)25(39)23(33)21(19)31/h14-18,24,35,39H,8-13H2,1-7H3,(H,34,40)(H,36,41)(H,37,43)(H,38,42)/t15?,16-,17-,18-,24-/m0/s1. The molecule has 5 atom stereocenters. The van der Waals surface area contributed by atoms with Crippen molar-refractivity contribution in [3.05, 3.63) is 28.8 Å². The summed E-state index contributed by atoms with van der Waals surface area (Å²) in [5, 5.41) is 22.6. The van der Waals surface area contributed by atoms with E-state index < -0.39 is 82.4 Å². The van der Waals surface area contributed by atoms with Gasteiger partial charge in [-0.15, -0.1) is 0 Å². The number of carbonyl (C=O) groups is 4. The zero-order chi connectivity index (χ0) is 33.0. The van der Waals surface area contributed by atoms with Gasteiger partial charge in [-0.1, -0.05) is 47.5 Å². The zero-order valence-corrected chi connectivity index (χ0v) is 25.8. The van der Waals surface area contributed by atoms with Crippen molar-refractivity contribution in [2.75, 3.05) is 13.1 Å². The molecular formula is C29H45F4N5O5. The maximum absolute atomic E-state index is 14.3. The Hall–Kier alpha value is -3.42. The number of phenolic OH excluding ortho intramolecular Hbond substituents is 1. The van der Waals surface area contributed by atoms with Crippen LogP contribution in [-0.4, -0.2) is 66.0 Å². The van der Waals surface area contributed by atoms with E-state index in [9.17, 15) is 41.8 Å². The van der Waals surface area contributed by atoms with Gasteiger partial charge in [0.25, 0.3) is 5.91 Å². The molecule has 43 heavy (non-hydrogen) atoms. The molecule has 0 bridgehead atoms. The molecule has 0 fully saturated rings. The largest absolute Gasteiger partial charge is 0.503 e. The molecule has 1 unspecified atom stereocenters. The predicted octanol–water partition coefficient (Wildman–Crippen LogP) is 3.02. The van der Waals surface area contributed by atoms with Crippen molar-refractivity contribution in [3.63, 3.8) is 0 Å². The summed E-state index contributed by atoms with van der Waals surface area (Å²) in [6.07, 6.45) is 1.57. The van der Waals surface area contributed by atoms with Crippen molar-refractivity contribution in [1.82, 2.24) is 26.6 Å². The average Bonchev–Trinajstić information content (AvgIpc) is 2.95. The summed E-state index contributed by atoms with van der Waals surface area (Å²) >= 11 is 0. The number of hydrogen-bond acceptors (Lipinski definition) is 6. The molecule has 6 N–H and O–H groups in total. The lowest BCUT2D eigenvalue weighted by molar-refractivity contribution is -0.131. The minimum absolute atomic E-state index is 0.187. The molecule has 0 aliphatic carbocycles. The Morgan fingerprint density at radius 1 is 0.791 bits per heavy atom. The van der Waals surface area contributed by atoms with Gasteiger partial charge in [0.05, 0.1) is 6.04 Å². The van der Waals surface area contributed by atoms with Crippen molar-refractivity contribution in [2.24, 2.45) is 11.8 Å². The summed E-state index contributed by atoms with van der Waals surface area (Å²) in [7, 11) is 0. The summed E-state index contributed by atoms with van der Waals surface area (Å²) < 4.78 is 56.4. The normalized spacial score (nSPS) is 14.8. The van der Waals surface area contributed by atoms with E-state index in [1.165, 1.54) is 0 Å². The Bertz CT molecular complexity index is 1110. The highest BCUT2D eigenvalue weighted by molar-refractivity contribution is 5.99. The van der Waals surface area contributed by atoms with Crippen LogP contribution in [0.2, 0.25) is 0 Å². The van der Waals surface area contributed by atoms with Crippen molar-refractivity contribution in [1.29, 1.82) is 0 Å². The van der Waals surface area contributed by atoms with Gasteiger partial charge in [-0.2, -0.15) is 8.78 Å². The lowest BCUT2D eigenvalue weighted by Crippen LogP contribution is -2.57. The van der Waals surface area contributed by atoms with E-state index in [2.05, 4.69) is 26.6 Å². The molecule has 0 saturated carbocycles. The molecule has 244 valence electrons. The van der Waals surface area contributed by atoms with Gasteiger partial charge in [0, 0.05) is 19.1 Å². The van der Waals surface area contributed by atoms with Crippen LogP contribution < -0.4 is 26.6 Å². The summed E-state index contributed by atoms with van der Waals surface area (Å²) in [6, 6.07) is -3.39. The van der Waals surface area contributed by atoms with Crippen LogP contribution in [-0.2, 0) is 14.4 Å². The monoisotopic (exact) mass is 619 g/mol. The van der Waals surface area contributed by atoms with E-state index in [4.69, 9.17) is 0 Å². The van der Waals surface area contributed by atoms with Crippen LogP contribution >= 0.6 is 0 Å². The van der Waals surface area contributed by atoms with Gasteiger partial charge in [-0.3, -0.25) is 19.2 Å².